The van der Waals surface area contributed by atoms with E-state index in [1.54, 1.807) is 0 Å². The number of amides is 1. The predicted molar refractivity (Wildman–Crippen MR) is 54.2 cm³/mol. The molecule has 8 heteroatoms. The van der Waals surface area contributed by atoms with Crippen LogP contribution in [0.1, 0.15) is 35.0 Å². The van der Waals surface area contributed by atoms with Gasteiger partial charge in [-0.1, -0.05) is 19.3 Å². The van der Waals surface area contributed by atoms with E-state index in [1.165, 1.54) is 6.42 Å². The summed E-state index contributed by atoms with van der Waals surface area (Å²) in [7, 11) is -4.20. The van der Waals surface area contributed by atoms with Gasteiger partial charge in [0.1, 0.15) is 6.16 Å². The Morgan fingerprint density at radius 2 is 1.75 bits per heavy atom. The molecule has 0 heterocycles. The van der Waals surface area contributed by atoms with E-state index in [4.69, 9.17) is 9.79 Å². The first-order valence-electron chi connectivity index (χ1n) is 4.81. The molecule has 0 aliphatic heterocycles. The van der Waals surface area contributed by atoms with Crippen molar-refractivity contribution in [1.82, 2.24) is 5.32 Å². The molecule has 1 rings (SSSR count). The maximum atomic E-state index is 11.1. The molecule has 5 nitrogen and oxygen atoms in total. The van der Waals surface area contributed by atoms with Crippen LogP contribution >= 0.6 is 7.60 Å². The van der Waals surface area contributed by atoms with Gasteiger partial charge in [-0.15, -0.1) is 0 Å². The first-order valence-corrected chi connectivity index (χ1v) is 6.61. The van der Waals surface area contributed by atoms with E-state index in [9.17, 15) is 9.36 Å². The Hall–Kier alpha value is 1.62. The molecular formula is C8H18NNa2O4P. The van der Waals surface area contributed by atoms with Gasteiger partial charge < -0.3 is 18.0 Å². The SMILES string of the molecule is O=C(CP(=O)(O)O)NC1CCCCC1.[H-].[H-].[Na+].[Na+]. The number of hydrogen-bond acceptors (Lipinski definition) is 2. The second-order valence-electron chi connectivity index (χ2n) is 3.73. The van der Waals surface area contributed by atoms with Crippen LogP contribution < -0.4 is 64.4 Å². The minimum absolute atomic E-state index is 0. The van der Waals surface area contributed by atoms with Gasteiger partial charge in [0.05, 0.1) is 0 Å². The van der Waals surface area contributed by atoms with Crippen LogP contribution in [0, 0.1) is 0 Å². The Morgan fingerprint density at radius 3 is 2.19 bits per heavy atom. The fourth-order valence-electron chi connectivity index (χ4n) is 1.71. The van der Waals surface area contributed by atoms with E-state index < -0.39 is 19.7 Å². The summed E-state index contributed by atoms with van der Waals surface area (Å²) in [5.41, 5.74) is 0. The quantitative estimate of drug-likeness (QED) is 0.353. The van der Waals surface area contributed by atoms with E-state index in [0.717, 1.165) is 25.7 Å². The fraction of sp³-hybridized carbons (Fsp3) is 0.875. The van der Waals surface area contributed by atoms with E-state index in [2.05, 4.69) is 5.32 Å². The maximum Gasteiger partial charge on any atom is 1.00 e. The summed E-state index contributed by atoms with van der Waals surface area (Å²) in [5, 5.41) is 2.64. The molecule has 3 N–H and O–H groups in total. The zero-order valence-corrected chi connectivity index (χ0v) is 14.9. The van der Waals surface area contributed by atoms with Crippen LogP contribution in [-0.2, 0) is 9.36 Å². The van der Waals surface area contributed by atoms with Gasteiger partial charge in [-0.25, -0.2) is 0 Å². The minimum Gasteiger partial charge on any atom is -1.00 e. The summed E-state index contributed by atoms with van der Waals surface area (Å²) < 4.78 is 10.5. The molecule has 0 bridgehead atoms. The summed E-state index contributed by atoms with van der Waals surface area (Å²) >= 11 is 0. The molecule has 1 fully saturated rings. The van der Waals surface area contributed by atoms with Crippen molar-refractivity contribution in [2.45, 2.75) is 38.1 Å². The van der Waals surface area contributed by atoms with Gasteiger partial charge in [0.15, 0.2) is 0 Å². The molecule has 1 amide bonds. The second kappa shape index (κ2) is 9.54. The molecule has 1 saturated carbocycles. The van der Waals surface area contributed by atoms with Crippen molar-refractivity contribution in [2.24, 2.45) is 0 Å². The van der Waals surface area contributed by atoms with Crippen molar-refractivity contribution < 1.29 is 81.1 Å². The molecule has 0 aromatic rings. The van der Waals surface area contributed by atoms with Crippen LogP contribution in [0.5, 0.6) is 0 Å². The van der Waals surface area contributed by atoms with Crippen molar-refractivity contribution in [3.05, 3.63) is 0 Å². The maximum absolute atomic E-state index is 11.1. The minimum atomic E-state index is -4.20. The largest absolute Gasteiger partial charge is 1.00 e. The number of rotatable bonds is 3. The van der Waals surface area contributed by atoms with Crippen molar-refractivity contribution in [1.29, 1.82) is 0 Å². The Labute approximate surface area is 143 Å². The summed E-state index contributed by atoms with van der Waals surface area (Å²) in [6.07, 6.45) is 4.51. The topological polar surface area (TPSA) is 86.6 Å². The van der Waals surface area contributed by atoms with Crippen LogP contribution in [0.15, 0.2) is 0 Å². The average molecular weight is 269 g/mol. The molecule has 0 aromatic carbocycles. The summed E-state index contributed by atoms with van der Waals surface area (Å²) in [5.74, 6) is -0.537. The molecule has 0 aromatic heterocycles. The molecule has 0 unspecified atom stereocenters. The van der Waals surface area contributed by atoms with Gasteiger partial charge in [-0.3, -0.25) is 9.36 Å². The second-order valence-corrected chi connectivity index (χ2v) is 5.37. The molecule has 0 atom stereocenters. The monoisotopic (exact) mass is 269 g/mol. The van der Waals surface area contributed by atoms with Gasteiger partial charge in [0.2, 0.25) is 5.91 Å². The van der Waals surface area contributed by atoms with E-state index in [-0.39, 0.29) is 68.0 Å². The van der Waals surface area contributed by atoms with Crippen molar-refractivity contribution in [3.63, 3.8) is 0 Å². The molecule has 1 aliphatic rings. The standard InChI is InChI=1S/C8H16NO4P.2Na.2H/c10-8(6-14(11,12)13)9-7-4-2-1-3-5-7;;;;/h7H,1-6H2,(H,9,10)(H2,11,12,13);;;;/q;2*+1;2*-1. The average Bonchev–Trinajstić information content (AvgIpc) is 2.02. The van der Waals surface area contributed by atoms with Crippen LogP contribution in [0.3, 0.4) is 0 Å². The van der Waals surface area contributed by atoms with Gasteiger partial charge >= 0.3 is 66.7 Å². The third kappa shape index (κ3) is 9.63. The molecule has 0 saturated heterocycles. The molecule has 16 heavy (non-hydrogen) atoms. The van der Waals surface area contributed by atoms with Crippen LogP contribution in [-0.4, -0.2) is 27.9 Å². The van der Waals surface area contributed by atoms with Gasteiger partial charge in [-0.05, 0) is 12.8 Å². The van der Waals surface area contributed by atoms with Crippen molar-refractivity contribution in [2.75, 3.05) is 6.16 Å². The van der Waals surface area contributed by atoms with Gasteiger partial charge in [0, 0.05) is 6.04 Å². The summed E-state index contributed by atoms with van der Waals surface area (Å²) in [6, 6.07) is 0.114. The number of nitrogens with one attached hydrogen (secondary N) is 1. The van der Waals surface area contributed by atoms with Gasteiger partial charge in [0.25, 0.3) is 0 Å². The summed E-state index contributed by atoms with van der Waals surface area (Å²) in [4.78, 5) is 28.3. The van der Waals surface area contributed by atoms with Crippen molar-refractivity contribution >= 4 is 13.5 Å². The molecular weight excluding hydrogens is 251 g/mol. The predicted octanol–water partition coefficient (Wildman–Crippen LogP) is -5.15. The zero-order chi connectivity index (χ0) is 10.6. The van der Waals surface area contributed by atoms with Crippen molar-refractivity contribution in [3.8, 4) is 0 Å². The van der Waals surface area contributed by atoms with E-state index in [1.807, 2.05) is 0 Å². The van der Waals surface area contributed by atoms with Crippen LogP contribution in [0.25, 0.3) is 0 Å². The molecule has 0 radical (unpaired) electrons. The Kier molecular flexibility index (Phi) is 11.9. The molecule has 86 valence electrons. The fourth-order valence-corrected chi connectivity index (χ4v) is 2.17. The zero-order valence-electron chi connectivity index (χ0n) is 12.0. The molecule has 0 spiro atoms. The third-order valence-corrected chi connectivity index (χ3v) is 3.02. The Balaban J connectivity index is -0.000000245. The Morgan fingerprint density at radius 1 is 1.25 bits per heavy atom. The first-order chi connectivity index (χ1) is 6.47. The number of hydrogen-bond donors (Lipinski definition) is 3. The normalized spacial score (nSPS) is 16.9. The van der Waals surface area contributed by atoms with Crippen LogP contribution in [0.4, 0.5) is 0 Å². The molecule has 1 aliphatic carbocycles. The van der Waals surface area contributed by atoms with E-state index in [0.29, 0.717) is 0 Å². The van der Waals surface area contributed by atoms with E-state index >= 15 is 0 Å². The first kappa shape index (κ1) is 19.9. The summed E-state index contributed by atoms with van der Waals surface area (Å²) in [6.45, 7) is 0. The van der Waals surface area contributed by atoms with Crippen LogP contribution in [0.2, 0.25) is 0 Å². The number of carbonyl (C=O) groups excluding carboxylic acids is 1. The Bertz CT molecular complexity index is 261. The third-order valence-electron chi connectivity index (χ3n) is 2.32. The van der Waals surface area contributed by atoms with Gasteiger partial charge in [-0.2, -0.15) is 0 Å². The smallest absolute Gasteiger partial charge is 1.00 e. The number of carbonyl (C=O) groups is 1.